The largest absolute Gasteiger partial charge is 0.349 e. The van der Waals surface area contributed by atoms with Crippen LogP contribution in [0.5, 0.6) is 0 Å². The Morgan fingerprint density at radius 2 is 1.96 bits per heavy atom. The van der Waals surface area contributed by atoms with Crippen molar-refractivity contribution in [3.8, 4) is 0 Å². The van der Waals surface area contributed by atoms with Crippen LogP contribution in [-0.2, 0) is 6.54 Å². The van der Waals surface area contributed by atoms with Crippen molar-refractivity contribution in [1.29, 1.82) is 0 Å². The monoisotopic (exact) mass is 390 g/mol. The van der Waals surface area contributed by atoms with E-state index in [1.54, 1.807) is 24.7 Å². The van der Waals surface area contributed by atoms with Crippen LogP contribution in [0.2, 0.25) is 10.0 Å². The first-order chi connectivity index (χ1) is 12.5. The number of pyridine rings is 1. The van der Waals surface area contributed by atoms with Crippen LogP contribution < -0.4 is 5.32 Å². The number of carbonyl (C=O) groups excluding carboxylic acids is 1. The first-order valence-corrected chi connectivity index (χ1v) is 9.33. The molecule has 7 heteroatoms. The van der Waals surface area contributed by atoms with E-state index in [-0.39, 0.29) is 11.9 Å². The van der Waals surface area contributed by atoms with Gasteiger partial charge in [-0.15, -0.1) is 0 Å². The zero-order chi connectivity index (χ0) is 18.7. The Morgan fingerprint density at radius 1 is 1.19 bits per heavy atom. The van der Waals surface area contributed by atoms with E-state index in [9.17, 15) is 4.79 Å². The van der Waals surface area contributed by atoms with E-state index in [2.05, 4.69) is 29.1 Å². The molecule has 0 spiro atoms. The van der Waals surface area contributed by atoms with E-state index in [1.165, 1.54) is 0 Å². The minimum absolute atomic E-state index is 0.0717. The fourth-order valence-corrected chi connectivity index (χ4v) is 3.25. The summed E-state index contributed by atoms with van der Waals surface area (Å²) >= 11 is 12.1. The lowest BCUT2D eigenvalue weighted by Gasteiger charge is -2.14. The Morgan fingerprint density at radius 3 is 2.65 bits per heavy atom. The molecule has 0 aliphatic carbocycles. The molecule has 0 aliphatic rings. The number of benzene rings is 1. The molecule has 3 rings (SSSR count). The SMILES string of the molecule is CCC(CC)NC(=O)c1ccc2c(c1)ncn2Cc1ncc(Cl)cc1Cl. The minimum Gasteiger partial charge on any atom is -0.349 e. The maximum absolute atomic E-state index is 12.4. The molecule has 2 heterocycles. The first-order valence-electron chi connectivity index (χ1n) is 8.57. The van der Waals surface area contributed by atoms with E-state index < -0.39 is 0 Å². The number of amides is 1. The molecule has 0 radical (unpaired) electrons. The molecule has 26 heavy (non-hydrogen) atoms. The number of imidazole rings is 1. The third kappa shape index (κ3) is 4.00. The van der Waals surface area contributed by atoms with Gasteiger partial charge in [-0.25, -0.2) is 4.98 Å². The summed E-state index contributed by atoms with van der Waals surface area (Å²) in [5.41, 5.74) is 2.99. The second-order valence-electron chi connectivity index (χ2n) is 6.14. The third-order valence-corrected chi connectivity index (χ3v) is 4.94. The number of aromatic nitrogens is 3. The summed E-state index contributed by atoms with van der Waals surface area (Å²) in [5, 5.41) is 4.06. The normalized spacial score (nSPS) is 11.3. The number of nitrogens with zero attached hydrogens (tertiary/aromatic N) is 3. The molecule has 136 valence electrons. The summed E-state index contributed by atoms with van der Waals surface area (Å²) in [7, 11) is 0. The summed E-state index contributed by atoms with van der Waals surface area (Å²) in [5.74, 6) is -0.0717. The van der Waals surface area contributed by atoms with Crippen LogP contribution >= 0.6 is 23.2 Å². The molecule has 0 saturated heterocycles. The van der Waals surface area contributed by atoms with Crippen molar-refractivity contribution in [2.45, 2.75) is 39.3 Å². The van der Waals surface area contributed by atoms with Crippen LogP contribution in [0.15, 0.2) is 36.8 Å². The van der Waals surface area contributed by atoms with Crippen LogP contribution in [0, 0.1) is 0 Å². The lowest BCUT2D eigenvalue weighted by molar-refractivity contribution is 0.0935. The minimum atomic E-state index is -0.0717. The third-order valence-electron chi connectivity index (χ3n) is 4.41. The van der Waals surface area contributed by atoms with Gasteiger partial charge >= 0.3 is 0 Å². The summed E-state index contributed by atoms with van der Waals surface area (Å²) in [6.45, 7) is 4.61. The van der Waals surface area contributed by atoms with Crippen LogP contribution in [0.3, 0.4) is 0 Å². The zero-order valence-electron chi connectivity index (χ0n) is 14.7. The molecule has 0 fully saturated rings. The Bertz CT molecular complexity index is 934. The molecule has 3 aromatic rings. The highest BCUT2D eigenvalue weighted by atomic mass is 35.5. The van der Waals surface area contributed by atoms with Crippen molar-refractivity contribution in [3.63, 3.8) is 0 Å². The highest BCUT2D eigenvalue weighted by Crippen LogP contribution is 2.22. The predicted octanol–water partition coefficient (Wildman–Crippen LogP) is 4.70. The average Bonchev–Trinajstić information content (AvgIpc) is 3.04. The number of hydrogen-bond donors (Lipinski definition) is 1. The Hall–Kier alpha value is -2.11. The van der Waals surface area contributed by atoms with Gasteiger partial charge in [-0.2, -0.15) is 0 Å². The molecule has 2 aromatic heterocycles. The quantitative estimate of drug-likeness (QED) is 0.662. The highest BCUT2D eigenvalue weighted by molar-refractivity contribution is 6.34. The van der Waals surface area contributed by atoms with E-state index >= 15 is 0 Å². The van der Waals surface area contributed by atoms with Gasteiger partial charge < -0.3 is 9.88 Å². The Labute approximate surface area is 162 Å². The predicted molar refractivity (Wildman–Crippen MR) is 105 cm³/mol. The van der Waals surface area contributed by atoms with Gasteiger partial charge in [0.25, 0.3) is 5.91 Å². The molecule has 0 unspecified atom stereocenters. The van der Waals surface area contributed by atoms with Crippen molar-refractivity contribution in [2.24, 2.45) is 0 Å². The molecule has 1 N–H and O–H groups in total. The lowest BCUT2D eigenvalue weighted by atomic mass is 10.1. The molecular formula is C19H20Cl2N4O. The van der Waals surface area contributed by atoms with Gasteiger partial charge in [0.1, 0.15) is 0 Å². The van der Waals surface area contributed by atoms with E-state index in [4.69, 9.17) is 23.2 Å². The van der Waals surface area contributed by atoms with Crippen molar-refractivity contribution < 1.29 is 4.79 Å². The van der Waals surface area contributed by atoms with Crippen molar-refractivity contribution in [3.05, 3.63) is 58.1 Å². The zero-order valence-corrected chi connectivity index (χ0v) is 16.2. The smallest absolute Gasteiger partial charge is 0.251 e. The topological polar surface area (TPSA) is 59.8 Å². The number of rotatable bonds is 6. The molecule has 5 nitrogen and oxygen atoms in total. The molecular weight excluding hydrogens is 371 g/mol. The highest BCUT2D eigenvalue weighted by Gasteiger charge is 2.13. The molecule has 0 aliphatic heterocycles. The molecule has 0 bridgehead atoms. The van der Waals surface area contributed by atoms with E-state index in [1.807, 2.05) is 16.7 Å². The molecule has 0 atom stereocenters. The molecule has 0 saturated carbocycles. The number of hydrogen-bond acceptors (Lipinski definition) is 3. The van der Waals surface area contributed by atoms with E-state index in [0.717, 1.165) is 23.9 Å². The lowest BCUT2D eigenvalue weighted by Crippen LogP contribution is -2.33. The second-order valence-corrected chi connectivity index (χ2v) is 6.99. The van der Waals surface area contributed by atoms with Gasteiger partial charge in [-0.3, -0.25) is 9.78 Å². The first kappa shape index (κ1) is 18.7. The molecule has 1 aromatic carbocycles. The molecule has 1 amide bonds. The van der Waals surface area contributed by atoms with E-state index in [0.29, 0.717) is 27.8 Å². The number of fused-ring (bicyclic) bond motifs is 1. The summed E-state index contributed by atoms with van der Waals surface area (Å²) in [4.78, 5) is 21.1. The van der Waals surface area contributed by atoms with Crippen LogP contribution in [-0.4, -0.2) is 26.5 Å². The van der Waals surface area contributed by atoms with Crippen LogP contribution in [0.1, 0.15) is 42.7 Å². The second kappa shape index (κ2) is 8.06. The van der Waals surface area contributed by atoms with Crippen molar-refractivity contribution >= 4 is 40.1 Å². The van der Waals surface area contributed by atoms with Gasteiger partial charge in [0.15, 0.2) is 0 Å². The average molecular weight is 391 g/mol. The van der Waals surface area contributed by atoms with Crippen LogP contribution in [0.25, 0.3) is 11.0 Å². The van der Waals surface area contributed by atoms with Gasteiger partial charge in [-0.1, -0.05) is 37.0 Å². The van der Waals surface area contributed by atoms with Crippen molar-refractivity contribution in [2.75, 3.05) is 0 Å². The van der Waals surface area contributed by atoms with Gasteiger partial charge in [0, 0.05) is 17.8 Å². The fraction of sp³-hybridized carbons (Fsp3) is 0.316. The maximum atomic E-state index is 12.4. The standard InChI is InChI=1S/C19H20Cl2N4O/c1-3-14(4-2)24-19(26)12-5-6-18-16(7-12)23-11-25(18)10-17-15(21)8-13(20)9-22-17/h5-9,11,14H,3-4,10H2,1-2H3,(H,24,26). The summed E-state index contributed by atoms with van der Waals surface area (Å²) in [6, 6.07) is 7.38. The maximum Gasteiger partial charge on any atom is 0.251 e. The van der Waals surface area contributed by atoms with Crippen LogP contribution in [0.4, 0.5) is 0 Å². The number of halogens is 2. The van der Waals surface area contributed by atoms with Crippen molar-refractivity contribution in [1.82, 2.24) is 19.9 Å². The summed E-state index contributed by atoms with van der Waals surface area (Å²) < 4.78 is 1.94. The van der Waals surface area contributed by atoms with Gasteiger partial charge in [0.2, 0.25) is 0 Å². The number of nitrogens with one attached hydrogen (secondary N) is 1. The Kier molecular flexibility index (Phi) is 5.79. The summed E-state index contributed by atoms with van der Waals surface area (Å²) in [6.07, 6.45) is 5.12. The Balaban J connectivity index is 1.84. The van der Waals surface area contributed by atoms with Gasteiger partial charge in [0.05, 0.1) is 39.6 Å². The van der Waals surface area contributed by atoms with Gasteiger partial charge in [-0.05, 0) is 37.1 Å². The number of carbonyl (C=O) groups is 1. The fourth-order valence-electron chi connectivity index (χ4n) is 2.81.